The molecule has 5 aromatic heterocycles. The van der Waals surface area contributed by atoms with Crippen molar-refractivity contribution in [3.63, 3.8) is 0 Å². The first-order valence-electron chi connectivity index (χ1n) is 13.0. The predicted molar refractivity (Wildman–Crippen MR) is 147 cm³/mol. The van der Waals surface area contributed by atoms with E-state index in [0.29, 0.717) is 0 Å². The number of piperidine rings is 1. The van der Waals surface area contributed by atoms with Gasteiger partial charge in [0.2, 0.25) is 0 Å². The first-order chi connectivity index (χ1) is 18.7. The summed E-state index contributed by atoms with van der Waals surface area (Å²) in [6.07, 6.45) is 9.41. The van der Waals surface area contributed by atoms with Gasteiger partial charge in [-0.2, -0.15) is 5.10 Å². The highest BCUT2D eigenvalue weighted by atomic mass is 19.1. The number of rotatable bonds is 5. The zero-order valence-electron chi connectivity index (χ0n) is 20.8. The SMILES string of the molecule is Fc1cccc(-c2nccc3[nH]c(-c4n[nH]c5ccc(-c6cncc(CN7CCCCC7)c6)nc45)cc23)c1. The first-order valence-corrected chi connectivity index (χ1v) is 13.0. The zero-order chi connectivity index (χ0) is 25.5. The van der Waals surface area contributed by atoms with E-state index < -0.39 is 0 Å². The highest BCUT2D eigenvalue weighted by Crippen LogP contribution is 2.33. The van der Waals surface area contributed by atoms with Crippen LogP contribution in [0.5, 0.6) is 0 Å². The van der Waals surface area contributed by atoms with E-state index in [2.05, 4.69) is 36.1 Å². The number of pyridine rings is 3. The molecule has 1 aliphatic rings. The fraction of sp³-hybridized carbons (Fsp3) is 0.200. The number of nitrogens with one attached hydrogen (secondary N) is 2. The van der Waals surface area contributed by atoms with Crippen LogP contribution in [0.2, 0.25) is 0 Å². The third kappa shape index (κ3) is 4.22. The van der Waals surface area contributed by atoms with E-state index in [1.54, 1.807) is 12.3 Å². The molecule has 0 amide bonds. The average Bonchev–Trinajstić information content (AvgIpc) is 3.57. The minimum absolute atomic E-state index is 0.290. The van der Waals surface area contributed by atoms with Crippen molar-refractivity contribution in [2.24, 2.45) is 0 Å². The third-order valence-electron chi connectivity index (χ3n) is 7.25. The second kappa shape index (κ2) is 9.46. The highest BCUT2D eigenvalue weighted by Gasteiger charge is 2.17. The fourth-order valence-electron chi connectivity index (χ4n) is 5.38. The van der Waals surface area contributed by atoms with Crippen molar-refractivity contribution in [3.05, 3.63) is 84.6 Å². The van der Waals surface area contributed by atoms with Crippen molar-refractivity contribution in [3.8, 4) is 33.9 Å². The van der Waals surface area contributed by atoms with Gasteiger partial charge in [-0.3, -0.25) is 20.0 Å². The molecule has 6 heterocycles. The van der Waals surface area contributed by atoms with Crippen LogP contribution in [0, 0.1) is 5.82 Å². The Bertz CT molecular complexity index is 1760. The molecule has 38 heavy (non-hydrogen) atoms. The van der Waals surface area contributed by atoms with Gasteiger partial charge in [-0.1, -0.05) is 18.6 Å². The van der Waals surface area contributed by atoms with Crippen LogP contribution in [-0.4, -0.2) is 48.1 Å². The summed E-state index contributed by atoms with van der Waals surface area (Å²) in [6, 6.07) is 16.6. The lowest BCUT2D eigenvalue weighted by Gasteiger charge is -2.26. The van der Waals surface area contributed by atoms with Crippen LogP contribution in [-0.2, 0) is 6.54 Å². The van der Waals surface area contributed by atoms with E-state index in [4.69, 9.17) is 4.98 Å². The van der Waals surface area contributed by atoms with Crippen LogP contribution < -0.4 is 0 Å². The van der Waals surface area contributed by atoms with E-state index in [0.717, 1.165) is 75.5 Å². The van der Waals surface area contributed by atoms with Crippen LogP contribution in [0.3, 0.4) is 0 Å². The molecule has 7 nitrogen and oxygen atoms in total. The molecular formula is C30H26FN7. The highest BCUT2D eigenvalue weighted by molar-refractivity contribution is 5.99. The number of halogens is 1. The molecule has 1 fully saturated rings. The number of hydrogen-bond donors (Lipinski definition) is 2. The Morgan fingerprint density at radius 3 is 2.68 bits per heavy atom. The summed E-state index contributed by atoms with van der Waals surface area (Å²) in [7, 11) is 0. The lowest BCUT2D eigenvalue weighted by atomic mass is 10.1. The van der Waals surface area contributed by atoms with Crippen LogP contribution in [0.25, 0.3) is 55.8 Å². The maximum atomic E-state index is 13.9. The number of fused-ring (bicyclic) bond motifs is 2. The molecule has 0 saturated carbocycles. The number of hydrogen-bond acceptors (Lipinski definition) is 5. The second-order valence-electron chi connectivity index (χ2n) is 9.90. The number of likely N-dealkylation sites (tertiary alicyclic amines) is 1. The van der Waals surface area contributed by atoms with E-state index in [1.807, 2.05) is 42.7 Å². The van der Waals surface area contributed by atoms with Crippen molar-refractivity contribution in [2.45, 2.75) is 25.8 Å². The maximum absolute atomic E-state index is 13.9. The summed E-state index contributed by atoms with van der Waals surface area (Å²) >= 11 is 0. The molecule has 2 N–H and O–H groups in total. The normalized spacial score (nSPS) is 14.4. The summed E-state index contributed by atoms with van der Waals surface area (Å²) in [4.78, 5) is 20.0. The summed E-state index contributed by atoms with van der Waals surface area (Å²) in [5, 5.41) is 8.59. The fourth-order valence-corrected chi connectivity index (χ4v) is 5.38. The molecule has 0 unspecified atom stereocenters. The van der Waals surface area contributed by atoms with Gasteiger partial charge in [0.15, 0.2) is 0 Å². The van der Waals surface area contributed by atoms with Crippen molar-refractivity contribution in [1.82, 2.24) is 35.0 Å². The second-order valence-corrected chi connectivity index (χ2v) is 9.90. The lowest BCUT2D eigenvalue weighted by molar-refractivity contribution is 0.220. The van der Waals surface area contributed by atoms with Gasteiger partial charge in [0.25, 0.3) is 0 Å². The van der Waals surface area contributed by atoms with Crippen LogP contribution in [0.4, 0.5) is 4.39 Å². The summed E-state index contributed by atoms with van der Waals surface area (Å²) in [5.74, 6) is -0.290. The van der Waals surface area contributed by atoms with Crippen LogP contribution in [0.1, 0.15) is 24.8 Å². The van der Waals surface area contributed by atoms with E-state index >= 15 is 0 Å². The van der Waals surface area contributed by atoms with Crippen LogP contribution >= 0.6 is 0 Å². The van der Waals surface area contributed by atoms with Gasteiger partial charge in [0, 0.05) is 47.2 Å². The Kier molecular flexibility index (Phi) is 5.66. The Balaban J connectivity index is 1.26. The van der Waals surface area contributed by atoms with E-state index in [-0.39, 0.29) is 5.82 Å². The molecule has 0 bridgehead atoms. The maximum Gasteiger partial charge on any atom is 0.135 e. The van der Waals surface area contributed by atoms with Gasteiger partial charge in [0.1, 0.15) is 17.0 Å². The van der Waals surface area contributed by atoms with Gasteiger partial charge in [-0.05, 0) is 74.0 Å². The number of aromatic amines is 2. The lowest BCUT2D eigenvalue weighted by Crippen LogP contribution is -2.29. The number of aromatic nitrogens is 6. The topological polar surface area (TPSA) is 86.4 Å². The number of H-pyrrole nitrogens is 2. The molecule has 0 atom stereocenters. The molecule has 0 radical (unpaired) electrons. The molecular weight excluding hydrogens is 477 g/mol. The van der Waals surface area contributed by atoms with Crippen molar-refractivity contribution < 1.29 is 4.39 Å². The predicted octanol–water partition coefficient (Wildman–Crippen LogP) is 6.36. The zero-order valence-corrected chi connectivity index (χ0v) is 20.8. The van der Waals surface area contributed by atoms with Gasteiger partial charge >= 0.3 is 0 Å². The largest absolute Gasteiger partial charge is 0.353 e. The molecule has 1 saturated heterocycles. The molecule has 8 heteroatoms. The minimum Gasteiger partial charge on any atom is -0.353 e. The monoisotopic (exact) mass is 503 g/mol. The molecule has 0 spiro atoms. The molecule has 6 aromatic rings. The molecule has 188 valence electrons. The Labute approximate surface area is 218 Å². The average molecular weight is 504 g/mol. The smallest absolute Gasteiger partial charge is 0.135 e. The molecule has 1 aromatic carbocycles. The molecule has 0 aliphatic carbocycles. The standard InChI is InChI=1S/C30H26FN7/c31-22-6-4-5-20(14-22)28-23-15-27(34-25(23)9-10-33-28)30-29-26(36-37-30)8-7-24(35-29)21-13-19(16-32-17-21)18-38-11-2-1-3-12-38/h4-10,13-17,34H,1-3,11-12,18H2,(H,36,37). The van der Waals surface area contributed by atoms with Gasteiger partial charge in [-0.25, -0.2) is 9.37 Å². The van der Waals surface area contributed by atoms with Crippen molar-refractivity contribution >= 4 is 21.9 Å². The first kappa shape index (κ1) is 22.7. The van der Waals surface area contributed by atoms with Crippen LogP contribution in [0.15, 0.2) is 73.2 Å². The number of nitrogens with zero attached hydrogens (tertiary/aromatic N) is 5. The Morgan fingerprint density at radius 2 is 1.79 bits per heavy atom. The number of benzene rings is 1. The molecule has 7 rings (SSSR count). The summed E-state index contributed by atoms with van der Waals surface area (Å²) < 4.78 is 13.9. The minimum atomic E-state index is -0.290. The Morgan fingerprint density at radius 1 is 0.868 bits per heavy atom. The Hall–Kier alpha value is -4.43. The van der Waals surface area contributed by atoms with Crippen molar-refractivity contribution in [2.75, 3.05) is 13.1 Å². The van der Waals surface area contributed by atoms with Gasteiger partial charge in [-0.15, -0.1) is 0 Å². The van der Waals surface area contributed by atoms with E-state index in [9.17, 15) is 4.39 Å². The van der Waals surface area contributed by atoms with Gasteiger partial charge in [0.05, 0.1) is 22.6 Å². The summed E-state index contributed by atoms with van der Waals surface area (Å²) in [5.41, 5.74) is 8.55. The quantitative estimate of drug-likeness (QED) is 0.286. The molecule has 1 aliphatic heterocycles. The van der Waals surface area contributed by atoms with Gasteiger partial charge < -0.3 is 4.98 Å². The third-order valence-corrected chi connectivity index (χ3v) is 7.25. The van der Waals surface area contributed by atoms with Crippen molar-refractivity contribution in [1.29, 1.82) is 0 Å². The van der Waals surface area contributed by atoms with E-state index in [1.165, 1.54) is 37.0 Å². The summed E-state index contributed by atoms with van der Waals surface area (Å²) in [6.45, 7) is 3.21.